The van der Waals surface area contributed by atoms with Crippen molar-refractivity contribution in [2.75, 3.05) is 33.8 Å². The second kappa shape index (κ2) is 5.62. The number of hydrogen-bond acceptors (Lipinski definition) is 4. The molecule has 0 saturated carbocycles. The van der Waals surface area contributed by atoms with Crippen molar-refractivity contribution in [3.63, 3.8) is 0 Å². The number of ether oxygens (including phenoxy) is 2. The lowest BCUT2D eigenvalue weighted by Gasteiger charge is -2.32. The standard InChI is InChI=1S/C16H24N2O2/c1-18-8-3-6-16(7-9-18)12-17-11-13-10-14(19-2)4-5-15(13)20-16/h4-5,10,17H,3,6-9,11-12H2,1-2H3/t16-/m1/s1. The first-order valence-electron chi connectivity index (χ1n) is 7.46. The van der Waals surface area contributed by atoms with E-state index in [0.29, 0.717) is 0 Å². The zero-order valence-electron chi connectivity index (χ0n) is 12.4. The van der Waals surface area contributed by atoms with E-state index in [1.807, 2.05) is 6.07 Å². The molecule has 1 N–H and O–H groups in total. The first-order chi connectivity index (χ1) is 9.71. The van der Waals surface area contributed by atoms with Crippen LogP contribution in [0.5, 0.6) is 11.5 Å². The number of fused-ring (bicyclic) bond motifs is 1. The maximum Gasteiger partial charge on any atom is 0.124 e. The molecule has 1 saturated heterocycles. The maximum atomic E-state index is 6.47. The van der Waals surface area contributed by atoms with Gasteiger partial charge >= 0.3 is 0 Å². The number of nitrogens with one attached hydrogen (secondary N) is 1. The van der Waals surface area contributed by atoms with E-state index in [9.17, 15) is 0 Å². The van der Waals surface area contributed by atoms with Crippen molar-refractivity contribution in [2.24, 2.45) is 0 Å². The van der Waals surface area contributed by atoms with Gasteiger partial charge in [0, 0.05) is 31.6 Å². The van der Waals surface area contributed by atoms with Gasteiger partial charge in [-0.15, -0.1) is 0 Å². The van der Waals surface area contributed by atoms with Gasteiger partial charge in [-0.1, -0.05) is 0 Å². The molecule has 1 aromatic carbocycles. The third-order valence-corrected chi connectivity index (χ3v) is 4.48. The molecule has 0 bridgehead atoms. The molecule has 1 atom stereocenters. The zero-order chi connectivity index (χ0) is 14.0. The van der Waals surface area contributed by atoms with E-state index in [0.717, 1.165) is 44.0 Å². The second-order valence-corrected chi connectivity index (χ2v) is 6.02. The fourth-order valence-corrected chi connectivity index (χ4v) is 3.20. The molecule has 0 radical (unpaired) electrons. The average molecular weight is 276 g/mol. The second-order valence-electron chi connectivity index (χ2n) is 6.02. The first kappa shape index (κ1) is 13.7. The highest BCUT2D eigenvalue weighted by molar-refractivity contribution is 5.41. The number of methoxy groups -OCH3 is 1. The normalized spacial score (nSPS) is 27.3. The molecule has 20 heavy (non-hydrogen) atoms. The summed E-state index contributed by atoms with van der Waals surface area (Å²) in [7, 11) is 3.90. The molecule has 110 valence electrons. The monoisotopic (exact) mass is 276 g/mol. The van der Waals surface area contributed by atoms with Gasteiger partial charge in [-0.25, -0.2) is 0 Å². The fourth-order valence-electron chi connectivity index (χ4n) is 3.20. The lowest BCUT2D eigenvalue weighted by Crippen LogP contribution is -2.44. The summed E-state index contributed by atoms with van der Waals surface area (Å²) in [4.78, 5) is 2.40. The van der Waals surface area contributed by atoms with Crippen molar-refractivity contribution in [1.29, 1.82) is 0 Å². The van der Waals surface area contributed by atoms with Crippen LogP contribution in [0.1, 0.15) is 24.8 Å². The molecular weight excluding hydrogens is 252 g/mol. The van der Waals surface area contributed by atoms with Crippen molar-refractivity contribution in [2.45, 2.75) is 31.4 Å². The predicted molar refractivity (Wildman–Crippen MR) is 79.4 cm³/mol. The van der Waals surface area contributed by atoms with Crippen LogP contribution in [0.3, 0.4) is 0 Å². The van der Waals surface area contributed by atoms with E-state index >= 15 is 0 Å². The van der Waals surface area contributed by atoms with Crippen LogP contribution in [0.4, 0.5) is 0 Å². The summed E-state index contributed by atoms with van der Waals surface area (Å²) in [6, 6.07) is 6.11. The lowest BCUT2D eigenvalue weighted by atomic mass is 9.94. The molecule has 1 aromatic rings. The number of rotatable bonds is 1. The number of nitrogens with zero attached hydrogens (tertiary/aromatic N) is 1. The highest BCUT2D eigenvalue weighted by atomic mass is 16.5. The van der Waals surface area contributed by atoms with Gasteiger partial charge in [0.25, 0.3) is 0 Å². The molecule has 2 heterocycles. The van der Waals surface area contributed by atoms with Crippen LogP contribution in [0, 0.1) is 0 Å². The van der Waals surface area contributed by atoms with Crippen molar-refractivity contribution in [3.8, 4) is 11.5 Å². The minimum Gasteiger partial charge on any atom is -0.497 e. The van der Waals surface area contributed by atoms with Crippen molar-refractivity contribution < 1.29 is 9.47 Å². The van der Waals surface area contributed by atoms with Gasteiger partial charge < -0.3 is 19.7 Å². The third-order valence-electron chi connectivity index (χ3n) is 4.48. The van der Waals surface area contributed by atoms with E-state index in [-0.39, 0.29) is 5.60 Å². The first-order valence-corrected chi connectivity index (χ1v) is 7.46. The quantitative estimate of drug-likeness (QED) is 0.851. The Balaban J connectivity index is 1.85. The molecular formula is C16H24N2O2. The van der Waals surface area contributed by atoms with Gasteiger partial charge in [0.15, 0.2) is 0 Å². The van der Waals surface area contributed by atoms with E-state index in [1.165, 1.54) is 18.5 Å². The number of benzene rings is 1. The Morgan fingerprint density at radius 3 is 3.05 bits per heavy atom. The van der Waals surface area contributed by atoms with Crippen LogP contribution >= 0.6 is 0 Å². The van der Waals surface area contributed by atoms with Gasteiger partial charge in [-0.05, 0) is 44.6 Å². The Morgan fingerprint density at radius 2 is 2.20 bits per heavy atom. The highest BCUT2D eigenvalue weighted by Gasteiger charge is 2.36. The Bertz CT molecular complexity index is 478. The topological polar surface area (TPSA) is 33.7 Å². The van der Waals surface area contributed by atoms with E-state index < -0.39 is 0 Å². The molecule has 2 aliphatic rings. The molecule has 1 fully saturated rings. The molecule has 4 nitrogen and oxygen atoms in total. The maximum absolute atomic E-state index is 6.47. The summed E-state index contributed by atoms with van der Waals surface area (Å²) in [5.74, 6) is 1.91. The molecule has 0 unspecified atom stereocenters. The van der Waals surface area contributed by atoms with Gasteiger partial charge in [0.05, 0.1) is 7.11 Å². The fraction of sp³-hybridized carbons (Fsp3) is 0.625. The third kappa shape index (κ3) is 2.76. The van der Waals surface area contributed by atoms with Crippen molar-refractivity contribution >= 4 is 0 Å². The summed E-state index contributed by atoms with van der Waals surface area (Å²) in [6.45, 7) is 4.05. The summed E-state index contributed by atoms with van der Waals surface area (Å²) in [6.07, 6.45) is 3.40. The molecule has 0 amide bonds. The van der Waals surface area contributed by atoms with Gasteiger partial charge in [-0.3, -0.25) is 0 Å². The lowest BCUT2D eigenvalue weighted by molar-refractivity contribution is 0.0587. The summed E-state index contributed by atoms with van der Waals surface area (Å²) < 4.78 is 11.8. The Labute approximate surface area is 121 Å². The van der Waals surface area contributed by atoms with Crippen LogP contribution < -0.4 is 14.8 Å². The molecule has 3 rings (SSSR count). The largest absolute Gasteiger partial charge is 0.497 e. The highest BCUT2D eigenvalue weighted by Crippen LogP contribution is 2.34. The summed E-state index contributed by atoms with van der Waals surface area (Å²) >= 11 is 0. The Kier molecular flexibility index (Phi) is 3.85. The predicted octanol–water partition coefficient (Wildman–Crippen LogP) is 2.03. The van der Waals surface area contributed by atoms with Gasteiger partial charge in [-0.2, -0.15) is 0 Å². The average Bonchev–Trinajstić information content (AvgIpc) is 2.74. The van der Waals surface area contributed by atoms with Gasteiger partial charge in [0.1, 0.15) is 17.1 Å². The van der Waals surface area contributed by atoms with Crippen LogP contribution in [0.25, 0.3) is 0 Å². The van der Waals surface area contributed by atoms with Crippen molar-refractivity contribution in [3.05, 3.63) is 23.8 Å². The molecule has 0 aromatic heterocycles. The minimum absolute atomic E-state index is 0.0510. The Morgan fingerprint density at radius 1 is 1.30 bits per heavy atom. The minimum atomic E-state index is -0.0510. The molecule has 4 heteroatoms. The summed E-state index contributed by atoms with van der Waals surface area (Å²) in [5.41, 5.74) is 1.14. The molecule has 1 spiro atoms. The molecule has 0 aliphatic carbocycles. The van der Waals surface area contributed by atoms with Crippen molar-refractivity contribution in [1.82, 2.24) is 10.2 Å². The SMILES string of the molecule is COc1ccc2c(c1)CNC[C@]1(CCCN(C)CC1)O2. The van der Waals surface area contributed by atoms with E-state index in [2.05, 4.69) is 29.4 Å². The number of likely N-dealkylation sites (tertiary alicyclic amines) is 1. The zero-order valence-corrected chi connectivity index (χ0v) is 12.4. The van der Waals surface area contributed by atoms with Gasteiger partial charge in [0.2, 0.25) is 0 Å². The molecule has 2 aliphatic heterocycles. The Hall–Kier alpha value is -1.26. The van der Waals surface area contributed by atoms with Crippen LogP contribution in [0.2, 0.25) is 0 Å². The van der Waals surface area contributed by atoms with E-state index in [4.69, 9.17) is 9.47 Å². The van der Waals surface area contributed by atoms with E-state index in [1.54, 1.807) is 7.11 Å². The summed E-state index contributed by atoms with van der Waals surface area (Å²) in [5, 5.41) is 3.56. The van der Waals surface area contributed by atoms with Crippen LogP contribution in [-0.4, -0.2) is 44.3 Å². The number of hydrogen-bond donors (Lipinski definition) is 1. The smallest absolute Gasteiger partial charge is 0.124 e. The van der Waals surface area contributed by atoms with Crippen LogP contribution in [-0.2, 0) is 6.54 Å². The van der Waals surface area contributed by atoms with Crippen LogP contribution in [0.15, 0.2) is 18.2 Å².